The number of rotatable bonds is 7. The van der Waals surface area contributed by atoms with Gasteiger partial charge in [0.1, 0.15) is 0 Å². The Labute approximate surface area is 163 Å². The number of hydrogen-bond acceptors (Lipinski definition) is 5. The van der Waals surface area contributed by atoms with Crippen LogP contribution >= 0.6 is 46.6 Å². The van der Waals surface area contributed by atoms with E-state index in [1.165, 1.54) is 11.8 Å². The summed E-state index contributed by atoms with van der Waals surface area (Å²) >= 11 is 19.3. The zero-order chi connectivity index (χ0) is 17.8. The minimum atomic E-state index is -0.640. The van der Waals surface area contributed by atoms with Crippen LogP contribution < -0.4 is 0 Å². The molecule has 0 bridgehead atoms. The van der Waals surface area contributed by atoms with Gasteiger partial charge in [-0.05, 0) is 23.8 Å². The Balaban J connectivity index is 1.50. The highest BCUT2D eigenvalue weighted by atomic mass is 35.5. The summed E-state index contributed by atoms with van der Waals surface area (Å²) < 4.78 is 7.23. The lowest BCUT2D eigenvalue weighted by Crippen LogP contribution is -2.18. The molecular formula is C16H14Cl3N3O2S. The van der Waals surface area contributed by atoms with E-state index in [2.05, 4.69) is 10.2 Å². The molecule has 132 valence electrons. The van der Waals surface area contributed by atoms with Gasteiger partial charge in [0.2, 0.25) is 0 Å². The minimum absolute atomic E-state index is 0.216. The number of ether oxygens (including phenoxy) is 1. The van der Waals surface area contributed by atoms with Gasteiger partial charge < -0.3 is 9.84 Å². The molecule has 0 saturated heterocycles. The van der Waals surface area contributed by atoms with E-state index < -0.39 is 6.10 Å². The number of pyridine rings is 1. The molecule has 9 heteroatoms. The molecule has 0 fully saturated rings. The van der Waals surface area contributed by atoms with Crippen molar-refractivity contribution in [2.75, 3.05) is 12.4 Å². The number of aliphatic hydroxyl groups is 1. The summed E-state index contributed by atoms with van der Waals surface area (Å²) in [7, 11) is 0. The number of aliphatic hydroxyl groups excluding tert-OH is 1. The Kier molecular flexibility index (Phi) is 6.44. The van der Waals surface area contributed by atoms with Gasteiger partial charge in [-0.25, -0.2) is 0 Å². The van der Waals surface area contributed by atoms with Crippen molar-refractivity contribution in [3.05, 3.63) is 57.2 Å². The molecule has 1 atom stereocenters. The van der Waals surface area contributed by atoms with Crippen LogP contribution in [0.25, 0.3) is 5.65 Å². The van der Waals surface area contributed by atoms with Gasteiger partial charge in [0.15, 0.2) is 10.8 Å². The van der Waals surface area contributed by atoms with Gasteiger partial charge in [-0.1, -0.05) is 58.7 Å². The molecule has 5 nitrogen and oxygen atoms in total. The lowest BCUT2D eigenvalue weighted by molar-refractivity contribution is 0.0398. The highest BCUT2D eigenvalue weighted by Gasteiger charge is 2.13. The molecule has 1 N–H and O–H groups in total. The molecule has 25 heavy (non-hydrogen) atoms. The molecule has 3 aromatic rings. The number of fused-ring (bicyclic) bond motifs is 1. The van der Waals surface area contributed by atoms with E-state index in [1.807, 2.05) is 12.1 Å². The maximum Gasteiger partial charge on any atom is 0.195 e. The quantitative estimate of drug-likeness (QED) is 0.578. The van der Waals surface area contributed by atoms with E-state index in [0.717, 1.165) is 5.56 Å². The fourth-order valence-electron chi connectivity index (χ4n) is 2.11. The third-order valence-corrected chi connectivity index (χ3v) is 5.12. The fraction of sp³-hybridized carbons (Fsp3) is 0.250. The van der Waals surface area contributed by atoms with Crippen molar-refractivity contribution < 1.29 is 9.84 Å². The summed E-state index contributed by atoms with van der Waals surface area (Å²) in [5.74, 6) is 0.408. The summed E-state index contributed by atoms with van der Waals surface area (Å²) in [4.78, 5) is 0. The number of aromatic nitrogens is 3. The molecule has 2 aromatic heterocycles. The van der Waals surface area contributed by atoms with Crippen LogP contribution in [0.3, 0.4) is 0 Å². The van der Waals surface area contributed by atoms with Crippen molar-refractivity contribution in [2.24, 2.45) is 0 Å². The van der Waals surface area contributed by atoms with Gasteiger partial charge >= 0.3 is 0 Å². The number of nitrogens with zero attached hydrogens (tertiary/aromatic N) is 3. The Morgan fingerprint density at radius 1 is 1.12 bits per heavy atom. The minimum Gasteiger partial charge on any atom is -0.390 e. The average molecular weight is 419 g/mol. The zero-order valence-corrected chi connectivity index (χ0v) is 16.0. The molecule has 0 spiro atoms. The van der Waals surface area contributed by atoms with Gasteiger partial charge in [0, 0.05) is 17.0 Å². The molecule has 0 saturated carbocycles. The first kappa shape index (κ1) is 18.8. The zero-order valence-electron chi connectivity index (χ0n) is 12.9. The van der Waals surface area contributed by atoms with E-state index in [9.17, 15) is 5.11 Å². The maximum atomic E-state index is 10.1. The Morgan fingerprint density at radius 3 is 2.64 bits per heavy atom. The number of thioether (sulfide) groups is 1. The predicted octanol–water partition coefficient (Wildman–Crippen LogP) is 4.36. The summed E-state index contributed by atoms with van der Waals surface area (Å²) in [6, 6.07) is 9.00. The van der Waals surface area contributed by atoms with Crippen molar-refractivity contribution in [3.8, 4) is 0 Å². The number of benzene rings is 1. The van der Waals surface area contributed by atoms with Crippen LogP contribution in [0, 0.1) is 0 Å². The van der Waals surface area contributed by atoms with Crippen LogP contribution in [0.4, 0.5) is 0 Å². The lowest BCUT2D eigenvalue weighted by atomic mass is 10.2. The molecule has 0 aliphatic heterocycles. The van der Waals surface area contributed by atoms with Crippen LogP contribution in [0.1, 0.15) is 5.56 Å². The fourth-order valence-corrected chi connectivity index (χ4v) is 3.56. The third-order valence-electron chi connectivity index (χ3n) is 3.29. The van der Waals surface area contributed by atoms with Crippen LogP contribution in [0.5, 0.6) is 0 Å². The summed E-state index contributed by atoms with van der Waals surface area (Å²) in [5, 5.41) is 20.4. The monoisotopic (exact) mass is 417 g/mol. The van der Waals surface area contributed by atoms with E-state index in [4.69, 9.17) is 39.5 Å². The third kappa shape index (κ3) is 5.00. The summed E-state index contributed by atoms with van der Waals surface area (Å²) in [6.45, 7) is 0.631. The first-order chi connectivity index (χ1) is 12.0. The molecule has 0 unspecified atom stereocenters. The second-order valence-corrected chi connectivity index (χ2v) is 7.56. The Hall–Kier alpha value is -1.02. The summed E-state index contributed by atoms with van der Waals surface area (Å²) in [5.41, 5.74) is 1.53. The van der Waals surface area contributed by atoms with Crippen molar-refractivity contribution in [1.82, 2.24) is 14.6 Å². The second kappa shape index (κ2) is 8.58. The van der Waals surface area contributed by atoms with Crippen molar-refractivity contribution in [2.45, 2.75) is 17.9 Å². The van der Waals surface area contributed by atoms with Gasteiger partial charge in [0.05, 0.1) is 29.4 Å². The second-order valence-electron chi connectivity index (χ2n) is 5.29. The first-order valence-electron chi connectivity index (χ1n) is 7.36. The van der Waals surface area contributed by atoms with Crippen molar-refractivity contribution >= 4 is 52.2 Å². The molecule has 0 amide bonds. The van der Waals surface area contributed by atoms with E-state index in [0.29, 0.717) is 38.2 Å². The van der Waals surface area contributed by atoms with Crippen LogP contribution in [0.15, 0.2) is 41.7 Å². The molecule has 0 aliphatic rings. The highest BCUT2D eigenvalue weighted by molar-refractivity contribution is 7.99. The van der Waals surface area contributed by atoms with Gasteiger partial charge in [-0.15, -0.1) is 10.2 Å². The van der Waals surface area contributed by atoms with Gasteiger partial charge in [-0.2, -0.15) is 0 Å². The smallest absolute Gasteiger partial charge is 0.195 e. The van der Waals surface area contributed by atoms with E-state index in [-0.39, 0.29) is 6.61 Å². The lowest BCUT2D eigenvalue weighted by Gasteiger charge is -2.10. The molecule has 0 radical (unpaired) electrons. The molecule has 1 aromatic carbocycles. The van der Waals surface area contributed by atoms with Crippen LogP contribution in [-0.4, -0.2) is 38.2 Å². The highest BCUT2D eigenvalue weighted by Crippen LogP contribution is 2.25. The standard InChI is InChI=1S/C16H14Cl3N3O2S/c17-11-3-1-10(2-4-11)7-24-8-13(23)9-25-16-21-20-15-14(19)5-12(18)6-22(15)16/h1-6,13,23H,7-9H2/t13-/m0/s1. The van der Waals surface area contributed by atoms with E-state index >= 15 is 0 Å². The molecular weight excluding hydrogens is 405 g/mol. The van der Waals surface area contributed by atoms with Gasteiger partial charge in [0.25, 0.3) is 0 Å². The largest absolute Gasteiger partial charge is 0.390 e. The normalized spacial score (nSPS) is 12.6. The topological polar surface area (TPSA) is 59.7 Å². The van der Waals surface area contributed by atoms with Gasteiger partial charge in [-0.3, -0.25) is 4.40 Å². The Bertz CT molecular complexity index is 858. The Morgan fingerprint density at radius 2 is 1.88 bits per heavy atom. The number of hydrogen-bond donors (Lipinski definition) is 1. The maximum absolute atomic E-state index is 10.1. The average Bonchev–Trinajstić information content (AvgIpc) is 2.98. The summed E-state index contributed by atoms with van der Waals surface area (Å²) in [6.07, 6.45) is 1.05. The number of halogens is 3. The molecule has 2 heterocycles. The first-order valence-corrected chi connectivity index (χ1v) is 9.47. The molecule has 0 aliphatic carbocycles. The predicted molar refractivity (Wildman–Crippen MR) is 101 cm³/mol. The van der Waals surface area contributed by atoms with E-state index in [1.54, 1.807) is 28.8 Å². The SMILES string of the molecule is O[C@@H](COCc1ccc(Cl)cc1)CSc1nnc2c(Cl)cc(Cl)cn12. The van der Waals surface area contributed by atoms with Crippen LogP contribution in [-0.2, 0) is 11.3 Å². The van der Waals surface area contributed by atoms with Crippen LogP contribution in [0.2, 0.25) is 15.1 Å². The van der Waals surface area contributed by atoms with Crippen molar-refractivity contribution in [1.29, 1.82) is 0 Å². The molecule has 3 rings (SSSR count). The van der Waals surface area contributed by atoms with Crippen molar-refractivity contribution in [3.63, 3.8) is 0 Å².